The van der Waals surface area contributed by atoms with Crippen molar-refractivity contribution in [1.29, 1.82) is 0 Å². The van der Waals surface area contributed by atoms with Crippen LogP contribution in [0.4, 0.5) is 0 Å². The summed E-state index contributed by atoms with van der Waals surface area (Å²) in [5, 5.41) is 6.58. The van der Waals surface area contributed by atoms with Crippen LogP contribution in [0.25, 0.3) is 0 Å². The Bertz CT molecular complexity index is 265. The van der Waals surface area contributed by atoms with Gasteiger partial charge < -0.3 is 10.6 Å². The normalized spacial score (nSPS) is 21.9. The average Bonchev–Trinajstić information content (AvgIpc) is 2.37. The summed E-state index contributed by atoms with van der Waals surface area (Å²) in [6.07, 6.45) is 5.47. The molecule has 1 aliphatic heterocycles. The second kappa shape index (κ2) is 10.4. The molecule has 1 heterocycles. The number of piperidine rings is 1. The summed E-state index contributed by atoms with van der Waals surface area (Å²) in [6, 6.07) is 0.312. The molecule has 3 unspecified atom stereocenters. The second-order valence-electron chi connectivity index (χ2n) is 6.73. The third-order valence-electron chi connectivity index (χ3n) is 4.23. The van der Waals surface area contributed by atoms with Crippen molar-refractivity contribution in [2.75, 3.05) is 13.1 Å². The first-order valence-corrected chi connectivity index (χ1v) is 7.99. The van der Waals surface area contributed by atoms with Gasteiger partial charge in [-0.2, -0.15) is 0 Å². The highest BCUT2D eigenvalue weighted by Crippen LogP contribution is 2.22. The van der Waals surface area contributed by atoms with E-state index in [-0.39, 0.29) is 18.3 Å². The van der Waals surface area contributed by atoms with Crippen molar-refractivity contribution in [3.8, 4) is 0 Å². The van der Waals surface area contributed by atoms with Crippen LogP contribution in [0, 0.1) is 17.8 Å². The topological polar surface area (TPSA) is 41.1 Å². The van der Waals surface area contributed by atoms with Gasteiger partial charge in [-0.05, 0) is 63.5 Å². The van der Waals surface area contributed by atoms with Gasteiger partial charge in [-0.25, -0.2) is 0 Å². The molecule has 4 heteroatoms. The maximum atomic E-state index is 12.0. The highest BCUT2D eigenvalue weighted by Gasteiger charge is 2.22. The first-order valence-electron chi connectivity index (χ1n) is 7.99. The Morgan fingerprint density at radius 1 is 1.25 bits per heavy atom. The van der Waals surface area contributed by atoms with E-state index >= 15 is 0 Å². The van der Waals surface area contributed by atoms with Crippen molar-refractivity contribution >= 4 is 18.3 Å². The molecule has 1 fully saturated rings. The number of hydrogen-bond donors (Lipinski definition) is 2. The van der Waals surface area contributed by atoms with Crippen molar-refractivity contribution in [3.63, 3.8) is 0 Å². The number of carbonyl (C=O) groups is 1. The van der Waals surface area contributed by atoms with Crippen LogP contribution in [0.1, 0.15) is 59.8 Å². The maximum Gasteiger partial charge on any atom is 0.220 e. The third-order valence-corrected chi connectivity index (χ3v) is 4.23. The van der Waals surface area contributed by atoms with E-state index in [2.05, 4.69) is 38.3 Å². The van der Waals surface area contributed by atoms with E-state index < -0.39 is 0 Å². The number of rotatable bonds is 7. The Hall–Kier alpha value is -0.280. The van der Waals surface area contributed by atoms with Gasteiger partial charge in [0.2, 0.25) is 5.91 Å². The van der Waals surface area contributed by atoms with Crippen molar-refractivity contribution in [2.45, 2.75) is 65.8 Å². The number of halogens is 1. The van der Waals surface area contributed by atoms with Crippen molar-refractivity contribution < 1.29 is 4.79 Å². The molecule has 0 bridgehead atoms. The first-order chi connectivity index (χ1) is 8.99. The highest BCUT2D eigenvalue weighted by molar-refractivity contribution is 5.85. The molecule has 2 N–H and O–H groups in total. The summed E-state index contributed by atoms with van der Waals surface area (Å²) >= 11 is 0. The van der Waals surface area contributed by atoms with Crippen molar-refractivity contribution in [1.82, 2.24) is 10.6 Å². The van der Waals surface area contributed by atoms with Gasteiger partial charge in [0.1, 0.15) is 0 Å². The SMILES string of the molecule is CC(C)CCC(C)NC(=O)CC(C)C1CCCNC1.Cl. The predicted molar refractivity (Wildman–Crippen MR) is 88.3 cm³/mol. The molecule has 0 aliphatic carbocycles. The van der Waals surface area contributed by atoms with E-state index in [1.807, 2.05) is 0 Å². The van der Waals surface area contributed by atoms with Crippen LogP contribution in [0.3, 0.4) is 0 Å². The molecule has 1 amide bonds. The number of amides is 1. The fraction of sp³-hybridized carbons (Fsp3) is 0.938. The molecule has 20 heavy (non-hydrogen) atoms. The summed E-state index contributed by atoms with van der Waals surface area (Å²) in [5.41, 5.74) is 0. The minimum atomic E-state index is 0. The van der Waals surface area contributed by atoms with Gasteiger partial charge >= 0.3 is 0 Å². The summed E-state index contributed by atoms with van der Waals surface area (Å²) in [6.45, 7) is 11.0. The highest BCUT2D eigenvalue weighted by atomic mass is 35.5. The first kappa shape index (κ1) is 19.7. The number of nitrogens with one attached hydrogen (secondary N) is 2. The fourth-order valence-corrected chi connectivity index (χ4v) is 2.81. The Labute approximate surface area is 131 Å². The van der Waals surface area contributed by atoms with Crippen molar-refractivity contribution in [3.05, 3.63) is 0 Å². The van der Waals surface area contributed by atoms with Crippen LogP contribution in [-0.4, -0.2) is 25.0 Å². The van der Waals surface area contributed by atoms with E-state index in [1.54, 1.807) is 0 Å². The maximum absolute atomic E-state index is 12.0. The lowest BCUT2D eigenvalue weighted by Crippen LogP contribution is -2.37. The number of carbonyl (C=O) groups excluding carboxylic acids is 1. The van der Waals surface area contributed by atoms with E-state index in [9.17, 15) is 4.79 Å². The van der Waals surface area contributed by atoms with Gasteiger partial charge in [-0.1, -0.05) is 20.8 Å². The van der Waals surface area contributed by atoms with E-state index in [0.717, 1.165) is 19.5 Å². The van der Waals surface area contributed by atoms with Gasteiger partial charge in [0, 0.05) is 12.5 Å². The van der Waals surface area contributed by atoms with Crippen LogP contribution in [0.2, 0.25) is 0 Å². The Morgan fingerprint density at radius 3 is 2.50 bits per heavy atom. The largest absolute Gasteiger partial charge is 0.354 e. The Balaban J connectivity index is 0.00000361. The molecule has 120 valence electrons. The Morgan fingerprint density at radius 2 is 1.95 bits per heavy atom. The molecule has 0 saturated carbocycles. The third kappa shape index (κ3) is 8.11. The summed E-state index contributed by atoms with van der Waals surface area (Å²) < 4.78 is 0. The molecular formula is C16H33ClN2O. The second-order valence-corrected chi connectivity index (χ2v) is 6.73. The Kier molecular flexibility index (Phi) is 10.3. The van der Waals surface area contributed by atoms with Crippen LogP contribution in [0.15, 0.2) is 0 Å². The molecular weight excluding hydrogens is 272 g/mol. The molecule has 3 atom stereocenters. The van der Waals surface area contributed by atoms with Gasteiger partial charge in [0.15, 0.2) is 0 Å². The van der Waals surface area contributed by atoms with E-state index in [1.165, 1.54) is 19.3 Å². The van der Waals surface area contributed by atoms with Crippen LogP contribution in [-0.2, 0) is 4.79 Å². The molecule has 0 aromatic heterocycles. The number of hydrogen-bond acceptors (Lipinski definition) is 2. The lowest BCUT2D eigenvalue weighted by Gasteiger charge is -2.28. The van der Waals surface area contributed by atoms with Crippen LogP contribution in [0.5, 0.6) is 0 Å². The smallest absolute Gasteiger partial charge is 0.220 e. The fourth-order valence-electron chi connectivity index (χ4n) is 2.81. The summed E-state index contributed by atoms with van der Waals surface area (Å²) in [4.78, 5) is 12.0. The zero-order valence-corrected chi connectivity index (χ0v) is 14.4. The molecule has 0 aromatic carbocycles. The average molecular weight is 305 g/mol. The van der Waals surface area contributed by atoms with E-state index in [4.69, 9.17) is 0 Å². The molecule has 1 saturated heterocycles. The molecule has 0 spiro atoms. The summed E-state index contributed by atoms with van der Waals surface area (Å²) in [5.74, 6) is 2.11. The minimum absolute atomic E-state index is 0. The van der Waals surface area contributed by atoms with Crippen molar-refractivity contribution in [2.24, 2.45) is 17.8 Å². The van der Waals surface area contributed by atoms with Gasteiger partial charge in [-0.15, -0.1) is 12.4 Å². The standard InChI is InChI=1S/C16H32N2O.ClH/c1-12(2)7-8-14(4)18-16(19)10-13(3)15-6-5-9-17-11-15;/h12-15,17H,5-11H2,1-4H3,(H,18,19);1H. The molecule has 0 radical (unpaired) electrons. The van der Waals surface area contributed by atoms with Gasteiger partial charge in [0.05, 0.1) is 0 Å². The quantitative estimate of drug-likeness (QED) is 0.757. The zero-order valence-electron chi connectivity index (χ0n) is 13.6. The van der Waals surface area contributed by atoms with Gasteiger partial charge in [0.25, 0.3) is 0 Å². The lowest BCUT2D eigenvalue weighted by molar-refractivity contribution is -0.123. The van der Waals surface area contributed by atoms with Gasteiger partial charge in [-0.3, -0.25) is 4.79 Å². The lowest BCUT2D eigenvalue weighted by atomic mass is 9.85. The molecule has 1 aliphatic rings. The molecule has 0 aromatic rings. The summed E-state index contributed by atoms with van der Waals surface area (Å²) in [7, 11) is 0. The molecule has 3 nitrogen and oxygen atoms in total. The molecule has 1 rings (SSSR count). The monoisotopic (exact) mass is 304 g/mol. The van der Waals surface area contributed by atoms with Crippen LogP contribution >= 0.6 is 12.4 Å². The zero-order chi connectivity index (χ0) is 14.3. The minimum Gasteiger partial charge on any atom is -0.354 e. The predicted octanol–water partition coefficient (Wildman–Crippen LogP) is 3.37. The van der Waals surface area contributed by atoms with E-state index in [0.29, 0.717) is 30.2 Å². The van der Waals surface area contributed by atoms with Crippen LogP contribution < -0.4 is 10.6 Å².